The number of halogens is 1. The van der Waals surface area contributed by atoms with Gasteiger partial charge in [-0.3, -0.25) is 4.90 Å². The molecule has 0 unspecified atom stereocenters. The molecule has 1 aliphatic rings. The summed E-state index contributed by atoms with van der Waals surface area (Å²) >= 11 is 0. The fourth-order valence-electron chi connectivity index (χ4n) is 4.07. The molecule has 2 aromatic carbocycles. The average Bonchev–Trinajstić information content (AvgIpc) is 2.68. The first-order valence-electron chi connectivity index (χ1n) is 10.7. The number of sulfonamides is 1. The maximum atomic E-state index is 11.4. The maximum Gasteiger partial charge on any atom is 0.209 e. The second kappa shape index (κ2) is 11.3. The predicted octanol–water partition coefficient (Wildman–Crippen LogP) is 4.89. The largest absolute Gasteiger partial charge is 0.491 e. The Morgan fingerprint density at radius 3 is 2.10 bits per heavy atom. The van der Waals surface area contributed by atoms with E-state index in [9.17, 15) is 8.42 Å². The number of likely N-dealkylation sites (tertiary alicyclic amines) is 1. The molecule has 0 aliphatic carbocycles. The van der Waals surface area contributed by atoms with Gasteiger partial charge in [0.05, 0.1) is 12.4 Å². The smallest absolute Gasteiger partial charge is 0.209 e. The Morgan fingerprint density at radius 2 is 1.58 bits per heavy atom. The van der Waals surface area contributed by atoms with E-state index in [1.54, 1.807) is 0 Å². The fourth-order valence-corrected chi connectivity index (χ4v) is 4.85. The van der Waals surface area contributed by atoms with E-state index in [2.05, 4.69) is 46.0 Å². The predicted molar refractivity (Wildman–Crippen MR) is 130 cm³/mol. The summed E-state index contributed by atoms with van der Waals surface area (Å²) in [4.78, 5) is 2.50. The zero-order valence-electron chi connectivity index (χ0n) is 18.9. The van der Waals surface area contributed by atoms with E-state index < -0.39 is 10.0 Å². The van der Waals surface area contributed by atoms with Gasteiger partial charge in [-0.15, -0.1) is 12.4 Å². The van der Waals surface area contributed by atoms with Crippen molar-refractivity contribution in [1.82, 2.24) is 9.62 Å². The van der Waals surface area contributed by atoms with Gasteiger partial charge in [-0.2, -0.15) is 0 Å². The molecule has 2 aromatic rings. The highest BCUT2D eigenvalue weighted by Crippen LogP contribution is 2.30. The Balaban J connectivity index is 0.00000341. The Morgan fingerprint density at radius 1 is 1.00 bits per heavy atom. The lowest BCUT2D eigenvalue weighted by Gasteiger charge is -2.32. The summed E-state index contributed by atoms with van der Waals surface area (Å²) in [6.45, 7) is 9.06. The van der Waals surface area contributed by atoms with Gasteiger partial charge in [-0.1, -0.05) is 36.4 Å². The van der Waals surface area contributed by atoms with Crippen LogP contribution in [0.2, 0.25) is 0 Å². The third-order valence-electron chi connectivity index (χ3n) is 5.59. The van der Waals surface area contributed by atoms with Gasteiger partial charge in [-0.05, 0) is 81.4 Å². The van der Waals surface area contributed by atoms with E-state index in [0.29, 0.717) is 5.92 Å². The van der Waals surface area contributed by atoms with Gasteiger partial charge < -0.3 is 4.74 Å². The van der Waals surface area contributed by atoms with Crippen molar-refractivity contribution in [3.63, 3.8) is 0 Å². The van der Waals surface area contributed by atoms with E-state index in [0.717, 1.165) is 43.8 Å². The quantitative estimate of drug-likeness (QED) is 0.602. The van der Waals surface area contributed by atoms with Crippen LogP contribution in [0.15, 0.2) is 48.5 Å². The molecular formula is C24H35ClN2O3S. The fraction of sp³-hybridized carbons (Fsp3) is 0.500. The normalized spacial score (nSPS) is 16.7. The number of nitrogens with one attached hydrogen (secondary N) is 1. The van der Waals surface area contributed by atoms with Gasteiger partial charge in [0.15, 0.2) is 0 Å². The Hall–Kier alpha value is -1.60. The molecular weight excluding hydrogens is 432 g/mol. The van der Waals surface area contributed by atoms with Crippen LogP contribution in [0.25, 0.3) is 0 Å². The van der Waals surface area contributed by atoms with Crippen LogP contribution >= 0.6 is 12.4 Å². The highest BCUT2D eigenvalue weighted by molar-refractivity contribution is 7.88. The van der Waals surface area contributed by atoms with E-state index in [1.165, 1.54) is 17.4 Å². The molecule has 1 N–H and O–H groups in total. The molecule has 0 saturated carbocycles. The molecule has 1 atom stereocenters. The summed E-state index contributed by atoms with van der Waals surface area (Å²) in [5.74, 6) is 1.55. The molecule has 1 fully saturated rings. The number of hydrogen-bond acceptors (Lipinski definition) is 4. The third-order valence-corrected chi connectivity index (χ3v) is 6.37. The molecule has 7 heteroatoms. The van der Waals surface area contributed by atoms with Crippen LogP contribution in [0.4, 0.5) is 0 Å². The van der Waals surface area contributed by atoms with Gasteiger partial charge in [0.2, 0.25) is 10.0 Å². The molecule has 3 rings (SSSR count). The van der Waals surface area contributed by atoms with E-state index >= 15 is 0 Å². The van der Waals surface area contributed by atoms with Crippen molar-refractivity contribution >= 4 is 22.4 Å². The van der Waals surface area contributed by atoms with Crippen molar-refractivity contribution in [3.8, 4) is 5.75 Å². The van der Waals surface area contributed by atoms with Crippen molar-refractivity contribution in [2.75, 3.05) is 19.3 Å². The van der Waals surface area contributed by atoms with E-state index in [-0.39, 0.29) is 24.6 Å². The van der Waals surface area contributed by atoms with Crippen LogP contribution in [0.1, 0.15) is 62.3 Å². The standard InChI is InChI=1S/C24H34N2O3S.ClH/c1-18(2)29-24-11-9-22(10-12-24)23-13-15-26(16-14-23)17-20-5-7-21(8-6-20)19(3)25-30(4,27)28;/h5-12,18-19,23,25H,13-17H2,1-4H3;1H/t19-;/m1./s1. The number of rotatable bonds is 8. The van der Waals surface area contributed by atoms with Gasteiger partial charge in [-0.25, -0.2) is 13.1 Å². The van der Waals surface area contributed by atoms with Crippen molar-refractivity contribution < 1.29 is 13.2 Å². The van der Waals surface area contributed by atoms with Crippen LogP contribution in [-0.2, 0) is 16.6 Å². The highest BCUT2D eigenvalue weighted by Gasteiger charge is 2.21. The molecule has 1 saturated heterocycles. The van der Waals surface area contributed by atoms with Gasteiger partial charge in [0.1, 0.15) is 5.75 Å². The second-order valence-electron chi connectivity index (χ2n) is 8.64. The summed E-state index contributed by atoms with van der Waals surface area (Å²) in [6.07, 6.45) is 3.72. The highest BCUT2D eigenvalue weighted by atomic mass is 35.5. The molecule has 1 heterocycles. The van der Waals surface area contributed by atoms with Gasteiger partial charge in [0.25, 0.3) is 0 Å². The van der Waals surface area contributed by atoms with E-state index in [4.69, 9.17) is 4.74 Å². The molecule has 0 radical (unpaired) electrons. The van der Waals surface area contributed by atoms with Crippen molar-refractivity contribution in [1.29, 1.82) is 0 Å². The minimum atomic E-state index is -3.21. The first kappa shape index (κ1) is 25.7. The summed E-state index contributed by atoms with van der Waals surface area (Å²) in [5, 5.41) is 0. The average molecular weight is 467 g/mol. The molecule has 0 amide bonds. The monoisotopic (exact) mass is 466 g/mol. The maximum absolute atomic E-state index is 11.4. The van der Waals surface area contributed by atoms with Crippen molar-refractivity contribution in [2.24, 2.45) is 0 Å². The number of ether oxygens (including phenoxy) is 1. The van der Waals surface area contributed by atoms with Crippen LogP contribution in [0.5, 0.6) is 5.75 Å². The second-order valence-corrected chi connectivity index (χ2v) is 10.4. The van der Waals surface area contributed by atoms with Gasteiger partial charge in [0, 0.05) is 12.6 Å². The first-order chi connectivity index (χ1) is 14.2. The SMILES string of the molecule is CC(C)Oc1ccc(C2CCN(Cc3ccc([C@@H](C)NS(C)(=O)=O)cc3)CC2)cc1.Cl. The molecule has 5 nitrogen and oxygen atoms in total. The summed E-state index contributed by atoms with van der Waals surface area (Å²) in [6, 6.07) is 16.6. The number of hydrogen-bond donors (Lipinski definition) is 1. The minimum absolute atomic E-state index is 0. The molecule has 0 spiro atoms. The topological polar surface area (TPSA) is 58.6 Å². The van der Waals surface area contributed by atoms with Crippen LogP contribution < -0.4 is 9.46 Å². The van der Waals surface area contributed by atoms with E-state index in [1.807, 2.05) is 32.9 Å². The lowest BCUT2D eigenvalue weighted by Crippen LogP contribution is -2.32. The lowest BCUT2D eigenvalue weighted by atomic mass is 9.89. The van der Waals surface area contributed by atoms with Crippen molar-refractivity contribution in [2.45, 2.75) is 58.2 Å². The first-order valence-corrected chi connectivity index (χ1v) is 12.6. The zero-order valence-corrected chi connectivity index (χ0v) is 20.5. The molecule has 0 bridgehead atoms. The number of benzene rings is 2. The minimum Gasteiger partial charge on any atom is -0.491 e. The number of piperidine rings is 1. The Labute approximate surface area is 193 Å². The van der Waals surface area contributed by atoms with Crippen LogP contribution in [0.3, 0.4) is 0 Å². The summed E-state index contributed by atoms with van der Waals surface area (Å²) in [7, 11) is -3.21. The van der Waals surface area contributed by atoms with Crippen LogP contribution in [0, 0.1) is 0 Å². The Kier molecular flexibility index (Phi) is 9.37. The molecule has 172 valence electrons. The molecule has 0 aromatic heterocycles. The Bertz CT molecular complexity index is 907. The number of nitrogens with zero attached hydrogens (tertiary/aromatic N) is 1. The molecule has 1 aliphatic heterocycles. The summed E-state index contributed by atoms with van der Waals surface area (Å²) < 4.78 is 31.2. The van der Waals surface area contributed by atoms with Crippen molar-refractivity contribution in [3.05, 3.63) is 65.2 Å². The van der Waals surface area contributed by atoms with Gasteiger partial charge >= 0.3 is 0 Å². The zero-order chi connectivity index (χ0) is 21.7. The van der Waals surface area contributed by atoms with Crippen LogP contribution in [-0.4, -0.2) is 38.8 Å². The summed E-state index contributed by atoms with van der Waals surface area (Å²) in [5.41, 5.74) is 3.65. The molecule has 31 heavy (non-hydrogen) atoms. The lowest BCUT2D eigenvalue weighted by molar-refractivity contribution is 0.204. The third kappa shape index (κ3) is 8.11.